The Morgan fingerprint density at radius 2 is 1.98 bits per heavy atom. The molecule has 216 valence electrons. The van der Waals surface area contributed by atoms with Gasteiger partial charge < -0.3 is 25.3 Å². The van der Waals surface area contributed by atoms with Crippen molar-refractivity contribution in [3.05, 3.63) is 62.5 Å². The monoisotopic (exact) mass is 602 g/mol. The maximum atomic E-state index is 13.8. The highest BCUT2D eigenvalue weighted by Crippen LogP contribution is 2.37. The largest absolute Gasteiger partial charge is 0.481 e. The number of hydrogen-bond donors (Lipinski definition) is 3. The van der Waals surface area contributed by atoms with E-state index in [9.17, 15) is 29.0 Å². The number of carboxylic acid groups (broad SMARTS) is 2. The number of benzene rings is 1. The van der Waals surface area contributed by atoms with E-state index in [1.807, 2.05) is 9.80 Å². The number of rotatable bonds is 7. The summed E-state index contributed by atoms with van der Waals surface area (Å²) in [5, 5.41) is 25.3. The molecule has 1 aromatic carbocycles. The van der Waals surface area contributed by atoms with Gasteiger partial charge in [0.15, 0.2) is 10.8 Å². The molecule has 6 rings (SSSR count). The van der Waals surface area contributed by atoms with E-state index in [1.165, 1.54) is 23.5 Å². The molecular formula is C27H28ClFN6O5S. The lowest BCUT2D eigenvalue weighted by Gasteiger charge is -2.38. The summed E-state index contributed by atoms with van der Waals surface area (Å²) in [7, 11) is 0. The molecule has 1 saturated carbocycles. The average Bonchev–Trinajstić information content (AvgIpc) is 3.69. The van der Waals surface area contributed by atoms with Crippen molar-refractivity contribution in [2.45, 2.75) is 37.4 Å². The van der Waals surface area contributed by atoms with Crippen molar-refractivity contribution in [3.63, 3.8) is 0 Å². The number of piperazine rings is 1. The Bertz CT molecular complexity index is 1450. The number of carbonyl (C=O) groups is 3. The summed E-state index contributed by atoms with van der Waals surface area (Å²) in [6, 6.07) is 2.61. The molecule has 41 heavy (non-hydrogen) atoms. The second-order valence-corrected chi connectivity index (χ2v) is 12.0. The van der Waals surface area contributed by atoms with Gasteiger partial charge in [-0.1, -0.05) is 17.7 Å². The number of thiazole rings is 1. The molecule has 1 aliphatic carbocycles. The molecule has 4 atom stereocenters. The number of aliphatic imine (C=N–C) groups is 1. The molecule has 2 aromatic rings. The van der Waals surface area contributed by atoms with Gasteiger partial charge in [-0.05, 0) is 31.4 Å². The van der Waals surface area contributed by atoms with Crippen LogP contribution >= 0.6 is 22.9 Å². The van der Waals surface area contributed by atoms with Crippen molar-refractivity contribution >= 4 is 46.7 Å². The van der Waals surface area contributed by atoms with Gasteiger partial charge in [0.05, 0.1) is 17.5 Å². The molecule has 2 amide bonds. The molecule has 3 aliphatic heterocycles. The van der Waals surface area contributed by atoms with Gasteiger partial charge in [-0.25, -0.2) is 19.0 Å². The fourth-order valence-corrected chi connectivity index (χ4v) is 7.16. The first-order valence-corrected chi connectivity index (χ1v) is 14.6. The van der Waals surface area contributed by atoms with Crippen LogP contribution in [0.1, 0.15) is 35.9 Å². The summed E-state index contributed by atoms with van der Waals surface area (Å²) in [4.78, 5) is 52.0. The second-order valence-electron chi connectivity index (χ2n) is 10.7. The normalized spacial score (nSPS) is 26.7. The smallest absolute Gasteiger partial charge is 0.335 e. The number of amides is 2. The number of aromatic nitrogens is 1. The Morgan fingerprint density at radius 3 is 2.66 bits per heavy atom. The SMILES string of the molecule is O=C(O)C1=C(CN2CCN3C(=O)N([C@@H]4CC[C@@H](C(=O)O)C4)C[C@@H]3C2)NC(c2nccs2)=N[C@H]1c1ccc(F)cc1Cl. The van der Waals surface area contributed by atoms with E-state index in [0.717, 1.165) is 6.07 Å². The molecule has 0 spiro atoms. The van der Waals surface area contributed by atoms with Gasteiger partial charge in [-0.3, -0.25) is 14.7 Å². The van der Waals surface area contributed by atoms with Gasteiger partial charge in [0.2, 0.25) is 0 Å². The Kier molecular flexibility index (Phi) is 7.43. The summed E-state index contributed by atoms with van der Waals surface area (Å²) in [5.74, 6) is -2.54. The van der Waals surface area contributed by atoms with Crippen LogP contribution in [0.2, 0.25) is 5.02 Å². The van der Waals surface area contributed by atoms with Gasteiger partial charge >= 0.3 is 18.0 Å². The molecule has 4 heterocycles. The molecule has 4 aliphatic rings. The van der Waals surface area contributed by atoms with E-state index in [2.05, 4.69) is 20.2 Å². The number of fused-ring (bicyclic) bond motifs is 1. The summed E-state index contributed by atoms with van der Waals surface area (Å²) in [5.41, 5.74) is 0.811. The van der Waals surface area contributed by atoms with Gasteiger partial charge in [0, 0.05) is 66.6 Å². The van der Waals surface area contributed by atoms with Crippen LogP contribution in [0, 0.1) is 11.7 Å². The minimum absolute atomic E-state index is 0.0102. The quantitative estimate of drug-likeness (QED) is 0.440. The number of nitrogens with zero attached hydrogens (tertiary/aromatic N) is 5. The van der Waals surface area contributed by atoms with Crippen LogP contribution in [0.25, 0.3) is 0 Å². The lowest BCUT2D eigenvalue weighted by Crippen LogP contribution is -2.53. The predicted octanol–water partition coefficient (Wildman–Crippen LogP) is 3.04. The van der Waals surface area contributed by atoms with E-state index in [-0.39, 0.29) is 35.3 Å². The van der Waals surface area contributed by atoms with Crippen molar-refractivity contribution in [1.82, 2.24) is 25.0 Å². The van der Waals surface area contributed by atoms with E-state index >= 15 is 0 Å². The zero-order valence-corrected chi connectivity index (χ0v) is 23.4. The fraction of sp³-hybridized carbons (Fsp3) is 0.444. The molecule has 11 nitrogen and oxygen atoms in total. The zero-order valence-electron chi connectivity index (χ0n) is 21.9. The van der Waals surface area contributed by atoms with E-state index in [0.29, 0.717) is 67.5 Å². The summed E-state index contributed by atoms with van der Waals surface area (Å²) in [6.07, 6.45) is 3.35. The van der Waals surface area contributed by atoms with E-state index < -0.39 is 29.7 Å². The molecule has 0 unspecified atom stereocenters. The number of hydrogen-bond acceptors (Lipinski definition) is 8. The third kappa shape index (κ3) is 5.29. The highest BCUT2D eigenvalue weighted by atomic mass is 35.5. The Hall–Kier alpha value is -3.55. The van der Waals surface area contributed by atoms with Crippen LogP contribution in [0.4, 0.5) is 9.18 Å². The number of halogens is 2. The Balaban J connectivity index is 1.25. The molecule has 0 bridgehead atoms. The lowest BCUT2D eigenvalue weighted by atomic mass is 9.95. The topological polar surface area (TPSA) is 139 Å². The van der Waals surface area contributed by atoms with Crippen molar-refractivity contribution in [2.75, 3.05) is 32.7 Å². The van der Waals surface area contributed by atoms with Crippen LogP contribution in [-0.2, 0) is 9.59 Å². The van der Waals surface area contributed by atoms with Crippen LogP contribution in [0.5, 0.6) is 0 Å². The first kappa shape index (κ1) is 27.6. The van der Waals surface area contributed by atoms with E-state index in [4.69, 9.17) is 11.6 Å². The van der Waals surface area contributed by atoms with Crippen LogP contribution in [-0.4, -0.2) is 98.5 Å². The third-order valence-corrected chi connectivity index (χ3v) is 9.40. The zero-order chi connectivity index (χ0) is 28.8. The number of amidine groups is 1. The first-order chi connectivity index (χ1) is 19.7. The summed E-state index contributed by atoms with van der Waals surface area (Å²) < 4.78 is 13.8. The van der Waals surface area contributed by atoms with Gasteiger partial charge in [-0.2, -0.15) is 0 Å². The molecule has 0 radical (unpaired) electrons. The second kappa shape index (κ2) is 11.0. The minimum Gasteiger partial charge on any atom is -0.481 e. The van der Waals surface area contributed by atoms with Gasteiger partial charge in [-0.15, -0.1) is 11.3 Å². The number of urea groups is 1. The molecule has 14 heteroatoms. The van der Waals surface area contributed by atoms with E-state index in [1.54, 1.807) is 11.6 Å². The number of nitrogens with one attached hydrogen (secondary N) is 1. The summed E-state index contributed by atoms with van der Waals surface area (Å²) >= 11 is 7.72. The Morgan fingerprint density at radius 1 is 1.15 bits per heavy atom. The standard InChI is InChI=1S/C27H28ClFN6O5S/c28-19-10-15(29)2-4-18(19)22-21(26(38)39)20(31-23(32-22)24-30-5-8-41-24)13-33-6-7-34-17(11-33)12-35(27(34)40)16-3-1-14(9-16)25(36)37/h2,4-5,8,10,14,16-17,22H,1,3,6-7,9,11-13H2,(H,31,32)(H,36,37)(H,38,39)/t14-,16-,17+,22+/m1/s1. The van der Waals surface area contributed by atoms with Gasteiger partial charge in [0.25, 0.3) is 0 Å². The van der Waals surface area contributed by atoms with Crippen molar-refractivity contribution < 1.29 is 29.0 Å². The maximum Gasteiger partial charge on any atom is 0.335 e. The highest BCUT2D eigenvalue weighted by molar-refractivity contribution is 7.11. The minimum atomic E-state index is -1.17. The maximum absolute atomic E-state index is 13.8. The highest BCUT2D eigenvalue weighted by Gasteiger charge is 2.46. The Labute approximate surface area is 243 Å². The molecule has 3 N–H and O–H groups in total. The lowest BCUT2D eigenvalue weighted by molar-refractivity contribution is -0.141. The third-order valence-electron chi connectivity index (χ3n) is 8.29. The number of aliphatic carboxylic acids is 2. The fourth-order valence-electron chi connectivity index (χ4n) is 6.30. The summed E-state index contributed by atoms with van der Waals surface area (Å²) in [6.45, 7) is 2.30. The first-order valence-electron chi connectivity index (χ1n) is 13.4. The molecule has 2 saturated heterocycles. The number of carbonyl (C=O) groups excluding carboxylic acids is 1. The molecule has 1 aromatic heterocycles. The van der Waals surface area contributed by atoms with Crippen molar-refractivity contribution in [1.29, 1.82) is 0 Å². The molecular weight excluding hydrogens is 575 g/mol. The van der Waals surface area contributed by atoms with Crippen LogP contribution in [0.15, 0.2) is 46.0 Å². The van der Waals surface area contributed by atoms with Crippen LogP contribution < -0.4 is 5.32 Å². The average molecular weight is 603 g/mol. The van der Waals surface area contributed by atoms with Crippen molar-refractivity contribution in [3.8, 4) is 0 Å². The van der Waals surface area contributed by atoms with Crippen molar-refractivity contribution in [2.24, 2.45) is 10.9 Å². The number of carboxylic acids is 2. The van der Waals surface area contributed by atoms with Crippen LogP contribution in [0.3, 0.4) is 0 Å². The predicted molar refractivity (Wildman–Crippen MR) is 148 cm³/mol. The molecule has 3 fully saturated rings. The van der Waals surface area contributed by atoms with Gasteiger partial charge in [0.1, 0.15) is 11.9 Å².